The number of nitrogens with zero attached hydrogens (tertiary/aromatic N) is 6. The molecule has 3 aromatic heterocycles. The van der Waals surface area contributed by atoms with Crippen LogP contribution in [0.2, 0.25) is 0 Å². The van der Waals surface area contributed by atoms with Crippen molar-refractivity contribution in [1.82, 2.24) is 29.9 Å². The Hall–Kier alpha value is -14.1. The average molecular weight is 1410 g/mol. The quantitative estimate of drug-likeness (QED) is 0.135. The Bertz CT molecular complexity index is 6750. The molecule has 0 saturated carbocycles. The highest BCUT2D eigenvalue weighted by Crippen LogP contribution is 2.62. The summed E-state index contributed by atoms with van der Waals surface area (Å²) in [5.41, 5.74) is 26.5. The van der Waals surface area contributed by atoms with Crippen LogP contribution in [-0.2, 0) is 16.2 Å². The van der Waals surface area contributed by atoms with Crippen LogP contribution in [0.25, 0.3) is 145 Å². The Kier molecular flexibility index (Phi) is 14.9. The molecule has 19 aromatic rings. The minimum atomic E-state index is -0.543. The molecule has 0 fully saturated rings. The molecular weight excluding hydrogens is 1340 g/mol. The summed E-state index contributed by atoms with van der Waals surface area (Å²) in [5.74, 6) is 3.84. The lowest BCUT2D eigenvalue weighted by Crippen LogP contribution is -2.29. The van der Waals surface area contributed by atoms with E-state index in [4.69, 9.17) is 34.3 Å². The summed E-state index contributed by atoms with van der Waals surface area (Å²) in [4.78, 5) is 30.0. The summed E-state index contributed by atoms with van der Waals surface area (Å²) in [6.07, 6.45) is 0. The van der Waals surface area contributed by atoms with E-state index in [1.54, 1.807) is 0 Å². The highest BCUT2D eigenvalue weighted by molar-refractivity contribution is 6.08. The van der Waals surface area contributed by atoms with Gasteiger partial charge in [0.15, 0.2) is 34.9 Å². The molecule has 0 aliphatic heterocycles. The van der Waals surface area contributed by atoms with E-state index < -0.39 is 10.8 Å². The second kappa shape index (κ2) is 25.5. The van der Waals surface area contributed by atoms with E-state index in [2.05, 4.69) is 293 Å². The predicted molar refractivity (Wildman–Crippen MR) is 447 cm³/mol. The second-order valence-corrected chi connectivity index (χ2v) is 29.5. The lowest BCUT2D eigenvalue weighted by atomic mass is 9.66. The first-order valence-corrected chi connectivity index (χ1v) is 37.6. The van der Waals surface area contributed by atoms with Crippen molar-refractivity contribution in [1.29, 1.82) is 0 Å². The lowest BCUT2D eigenvalue weighted by molar-refractivity contribution is 0.659. The Morgan fingerprint density at radius 2 is 0.573 bits per heavy atom. The molecule has 3 aliphatic rings. The van der Waals surface area contributed by atoms with Crippen LogP contribution < -0.4 is 0 Å². The van der Waals surface area contributed by atoms with Crippen LogP contribution in [0.5, 0.6) is 0 Å². The molecule has 516 valence electrons. The van der Waals surface area contributed by atoms with Crippen molar-refractivity contribution >= 4 is 43.5 Å². The van der Waals surface area contributed by atoms with Crippen molar-refractivity contribution in [2.75, 3.05) is 0 Å². The zero-order valence-electron chi connectivity index (χ0n) is 60.4. The first-order valence-electron chi connectivity index (χ1n) is 37.6. The van der Waals surface area contributed by atoms with Crippen LogP contribution in [-0.4, -0.2) is 29.9 Å². The van der Waals surface area contributed by atoms with Crippen LogP contribution >= 0.6 is 0 Å². The first-order chi connectivity index (χ1) is 54.3. The van der Waals surface area contributed by atoms with Gasteiger partial charge in [0.05, 0.1) is 10.8 Å². The van der Waals surface area contributed by atoms with Crippen molar-refractivity contribution in [3.05, 3.63) is 432 Å². The van der Waals surface area contributed by atoms with Gasteiger partial charge in [-0.3, -0.25) is 0 Å². The van der Waals surface area contributed by atoms with Crippen molar-refractivity contribution in [2.24, 2.45) is 0 Å². The third-order valence-electron chi connectivity index (χ3n) is 23.2. The van der Waals surface area contributed by atoms with Crippen LogP contribution in [0.4, 0.5) is 0 Å². The maximum Gasteiger partial charge on any atom is 0.164 e. The zero-order valence-corrected chi connectivity index (χ0v) is 60.4. The smallest absolute Gasteiger partial charge is 0.164 e. The van der Waals surface area contributed by atoms with E-state index in [1.165, 1.54) is 111 Å². The molecular formula is C103H68N6O. The van der Waals surface area contributed by atoms with E-state index >= 15 is 0 Å². The number of furan rings is 1. The van der Waals surface area contributed by atoms with Crippen molar-refractivity contribution in [3.63, 3.8) is 0 Å². The summed E-state index contributed by atoms with van der Waals surface area (Å²) in [5, 5.41) is 7.14. The molecule has 3 aliphatic carbocycles. The van der Waals surface area contributed by atoms with Crippen LogP contribution in [0.1, 0.15) is 69.5 Å². The number of fused-ring (bicyclic) bond motifs is 16. The molecule has 0 bridgehead atoms. The molecule has 0 spiro atoms. The molecule has 22 rings (SSSR count). The van der Waals surface area contributed by atoms with Gasteiger partial charge in [-0.15, -0.1) is 0 Å². The number of rotatable bonds is 10. The minimum Gasteiger partial charge on any atom is -0.456 e. The van der Waals surface area contributed by atoms with Crippen LogP contribution in [0, 0.1) is 0 Å². The zero-order chi connectivity index (χ0) is 73.1. The number of hydrogen-bond acceptors (Lipinski definition) is 7. The topological polar surface area (TPSA) is 90.5 Å². The monoisotopic (exact) mass is 1400 g/mol. The number of hydrogen-bond donors (Lipinski definition) is 0. The maximum absolute atomic E-state index is 6.64. The summed E-state index contributed by atoms with van der Waals surface area (Å²) in [6, 6.07) is 134. The summed E-state index contributed by atoms with van der Waals surface area (Å²) >= 11 is 0. The fraction of sp³-hybridized carbons (Fsp3) is 0.0485. The molecule has 0 amide bonds. The fourth-order valence-corrected chi connectivity index (χ4v) is 18.2. The van der Waals surface area contributed by atoms with E-state index in [0.29, 0.717) is 34.9 Å². The molecule has 3 heterocycles. The van der Waals surface area contributed by atoms with Gasteiger partial charge in [-0.1, -0.05) is 354 Å². The minimum absolute atomic E-state index is 0.191. The van der Waals surface area contributed by atoms with Gasteiger partial charge in [-0.2, -0.15) is 0 Å². The van der Waals surface area contributed by atoms with Gasteiger partial charge in [0.1, 0.15) is 11.2 Å². The molecule has 16 aromatic carbocycles. The summed E-state index contributed by atoms with van der Waals surface area (Å²) in [6.45, 7) is 4.70. The first kappa shape index (κ1) is 64.3. The van der Waals surface area contributed by atoms with Crippen LogP contribution in [0.3, 0.4) is 0 Å². The van der Waals surface area contributed by atoms with Gasteiger partial charge < -0.3 is 4.42 Å². The Morgan fingerprint density at radius 1 is 0.209 bits per heavy atom. The highest BCUT2D eigenvalue weighted by atomic mass is 16.3. The molecule has 7 heteroatoms. The van der Waals surface area contributed by atoms with Gasteiger partial charge in [-0.25, -0.2) is 29.9 Å². The fourth-order valence-electron chi connectivity index (χ4n) is 18.2. The SMILES string of the molecule is CC1(C)c2ccc(-c3nc(-c4ccccc4)nc(-c4ccccc4)n3)cc2-c2cc(C3(c4ccccc4)c4ccccc4-c4ccc5ccccc5c43)ccc21.c1ccc(-c2nc(-c3ccccc3)nc(-c3ccc4c(c3)oc3ccc(C5(c6ccccc6)c6ccccc6-c6ccc7ccccc7c65)cc34)n2)cc1. The molecule has 0 saturated heterocycles. The van der Waals surface area contributed by atoms with E-state index in [-0.39, 0.29) is 5.41 Å². The molecule has 0 N–H and O–H groups in total. The van der Waals surface area contributed by atoms with E-state index in [9.17, 15) is 0 Å². The van der Waals surface area contributed by atoms with E-state index in [1.807, 2.05) is 97.1 Å². The molecule has 110 heavy (non-hydrogen) atoms. The van der Waals surface area contributed by atoms with Crippen molar-refractivity contribution < 1.29 is 4.42 Å². The predicted octanol–water partition coefficient (Wildman–Crippen LogP) is 25.0. The van der Waals surface area contributed by atoms with Gasteiger partial charge in [0.25, 0.3) is 0 Å². The van der Waals surface area contributed by atoms with E-state index in [0.717, 1.165) is 55.3 Å². The highest BCUT2D eigenvalue weighted by Gasteiger charge is 2.50. The molecule has 0 radical (unpaired) electrons. The lowest BCUT2D eigenvalue weighted by Gasteiger charge is -2.35. The average Bonchev–Trinajstić information content (AvgIpc) is 1.53. The molecule has 2 unspecified atom stereocenters. The third kappa shape index (κ3) is 10.0. The largest absolute Gasteiger partial charge is 0.456 e. The van der Waals surface area contributed by atoms with Crippen molar-refractivity contribution in [3.8, 4) is 102 Å². The molecule has 7 nitrogen and oxygen atoms in total. The number of aromatic nitrogens is 6. The summed E-state index contributed by atoms with van der Waals surface area (Å²) < 4.78 is 6.64. The molecule has 2 atom stereocenters. The van der Waals surface area contributed by atoms with Crippen molar-refractivity contribution in [2.45, 2.75) is 30.1 Å². The van der Waals surface area contributed by atoms with Gasteiger partial charge in [0.2, 0.25) is 0 Å². The number of benzene rings is 16. The van der Waals surface area contributed by atoms with Gasteiger partial charge in [0, 0.05) is 49.6 Å². The third-order valence-corrected chi connectivity index (χ3v) is 23.2. The maximum atomic E-state index is 6.64. The standard InChI is InChI=1S/C53H37N3.C50H31N3O/c1-52(2)45-30-27-37(51-55-49(35-17-6-3-7-18-35)54-50(56-51)36-19-8-4-9-20-36)32-43(45)44-33-39(28-31-46(44)52)53(38-21-10-5-11-22-38)47-25-15-14-24-41(47)42-29-26-34-16-12-13-23-40(34)48(42)53;1-4-15-33(16-5-1)47-51-48(34-17-6-2-7-18-34)53-49(52-47)35-25-27-40-42-31-37(26-29-44(42)54-45(40)30-35)50(36-19-8-3-9-20-36)43-23-13-12-22-39(43)41-28-24-32-14-10-11-21-38(32)46(41)50/h3-33H,1-2H3;1-31H. The normalized spacial score (nSPS) is 15.3. The van der Waals surface area contributed by atoms with Crippen LogP contribution in [0.15, 0.2) is 381 Å². The Labute approximate surface area is 637 Å². The second-order valence-electron chi connectivity index (χ2n) is 29.5. The summed E-state index contributed by atoms with van der Waals surface area (Å²) in [7, 11) is 0. The van der Waals surface area contributed by atoms with Gasteiger partial charge >= 0.3 is 0 Å². The van der Waals surface area contributed by atoms with Gasteiger partial charge in [-0.05, 0) is 147 Å². The Morgan fingerprint density at radius 3 is 1.05 bits per heavy atom. The Balaban J connectivity index is 0.000000140.